The van der Waals surface area contributed by atoms with Crippen LogP contribution >= 0.6 is 0 Å². The van der Waals surface area contributed by atoms with Crippen LogP contribution in [0.5, 0.6) is 11.5 Å². The van der Waals surface area contributed by atoms with E-state index in [0.29, 0.717) is 17.1 Å². The minimum atomic E-state index is -0.0761. The van der Waals surface area contributed by atoms with Gasteiger partial charge in [-0.1, -0.05) is 128 Å². The van der Waals surface area contributed by atoms with Gasteiger partial charge in [-0.05, 0) is 121 Å². The third-order valence-electron chi connectivity index (χ3n) is 13.7. The van der Waals surface area contributed by atoms with Crippen LogP contribution < -0.4 is 14.5 Å². The minimum Gasteiger partial charge on any atom is -0.509 e. The van der Waals surface area contributed by atoms with Gasteiger partial charge in [-0.25, -0.2) is 4.98 Å². The molecule has 1 aliphatic heterocycles. The van der Waals surface area contributed by atoms with Crippen molar-refractivity contribution in [3.8, 4) is 34.5 Å². The van der Waals surface area contributed by atoms with Gasteiger partial charge in [-0.2, -0.15) is 17.4 Å². The second-order valence-electron chi connectivity index (χ2n) is 21.4. The van der Waals surface area contributed by atoms with Gasteiger partial charge in [0.25, 0.3) is 0 Å². The van der Waals surface area contributed by atoms with Crippen LogP contribution in [0, 0.1) is 30.1 Å². The topological polar surface area (TPSA) is 57.3 Å². The molecule has 3 heterocycles. The van der Waals surface area contributed by atoms with Crippen LogP contribution in [-0.4, -0.2) is 9.55 Å². The molecule has 0 radical (unpaired) electrons. The zero-order chi connectivity index (χ0) is 47.3. The predicted molar refractivity (Wildman–Crippen MR) is 278 cm³/mol. The minimum absolute atomic E-state index is 0. The van der Waals surface area contributed by atoms with Crippen molar-refractivity contribution >= 4 is 44.6 Å². The molecule has 346 valence electrons. The summed E-state index contributed by atoms with van der Waals surface area (Å²) >= 11 is 0. The molecule has 0 fully saturated rings. The van der Waals surface area contributed by atoms with E-state index in [9.17, 15) is 5.26 Å². The van der Waals surface area contributed by atoms with Gasteiger partial charge >= 0.3 is 0 Å². The van der Waals surface area contributed by atoms with Crippen LogP contribution in [0.1, 0.15) is 107 Å². The number of hydrogen-bond acceptors (Lipinski definition) is 5. The number of hydrogen-bond donors (Lipinski definition) is 0. The first-order valence-electron chi connectivity index (χ1n) is 23.5. The number of nitrogens with zero attached hydrogens (tertiary/aromatic N) is 5. The fourth-order valence-electron chi connectivity index (χ4n) is 9.94. The van der Waals surface area contributed by atoms with Gasteiger partial charge in [0.2, 0.25) is 0 Å². The first kappa shape index (κ1) is 45.8. The van der Waals surface area contributed by atoms with E-state index in [-0.39, 0.29) is 43.2 Å². The van der Waals surface area contributed by atoms with E-state index in [0.717, 1.165) is 55.9 Å². The Labute approximate surface area is 421 Å². The van der Waals surface area contributed by atoms with Crippen molar-refractivity contribution in [3.05, 3.63) is 210 Å². The van der Waals surface area contributed by atoms with E-state index in [1.807, 2.05) is 36.5 Å². The number of para-hydroxylation sites is 2. The second-order valence-corrected chi connectivity index (χ2v) is 21.4. The number of anilines is 4. The molecule has 1 unspecified atom stereocenters. The smallest absolute Gasteiger partial charge is 0.135 e. The predicted octanol–water partition coefficient (Wildman–Crippen LogP) is 15.9. The number of ether oxygens (including phenoxy) is 1. The summed E-state index contributed by atoms with van der Waals surface area (Å²) in [5.74, 6) is 2.01. The Morgan fingerprint density at radius 2 is 1.28 bits per heavy atom. The van der Waals surface area contributed by atoms with Gasteiger partial charge in [-0.15, -0.1) is 48.1 Å². The van der Waals surface area contributed by atoms with Gasteiger partial charge in [0.1, 0.15) is 5.82 Å². The van der Waals surface area contributed by atoms with Gasteiger partial charge < -0.3 is 19.1 Å². The molecule has 11 rings (SSSR count). The molecular formula is C62H54N5OPt-3. The molecule has 69 heavy (non-hydrogen) atoms. The number of nitriles is 1. The first-order chi connectivity index (χ1) is 32.5. The molecule has 6 nitrogen and oxygen atoms in total. The van der Waals surface area contributed by atoms with Gasteiger partial charge in [-0.3, -0.25) is 0 Å². The van der Waals surface area contributed by atoms with Crippen LogP contribution in [0.4, 0.5) is 22.7 Å². The van der Waals surface area contributed by atoms with Crippen molar-refractivity contribution in [2.24, 2.45) is 0 Å². The Bertz CT molecular complexity index is 3490. The third kappa shape index (κ3) is 8.11. The van der Waals surface area contributed by atoms with Crippen molar-refractivity contribution in [2.75, 3.05) is 9.80 Å². The molecule has 0 saturated carbocycles. The first-order valence-corrected chi connectivity index (χ1v) is 23.5. The Morgan fingerprint density at radius 3 is 2.00 bits per heavy atom. The van der Waals surface area contributed by atoms with Crippen molar-refractivity contribution in [1.82, 2.24) is 9.55 Å². The van der Waals surface area contributed by atoms with Gasteiger partial charge in [0.05, 0.1) is 11.6 Å². The molecule has 2 aliphatic rings. The van der Waals surface area contributed by atoms with E-state index in [1.54, 1.807) is 0 Å². The van der Waals surface area contributed by atoms with Gasteiger partial charge in [0, 0.05) is 67.3 Å². The van der Waals surface area contributed by atoms with Crippen molar-refractivity contribution < 1.29 is 25.8 Å². The summed E-state index contributed by atoms with van der Waals surface area (Å²) in [6, 6.07) is 61.2. The van der Waals surface area contributed by atoms with Crippen LogP contribution in [0.25, 0.3) is 38.8 Å². The quantitative estimate of drug-likeness (QED) is 0.155. The van der Waals surface area contributed by atoms with Crippen LogP contribution in [-0.2, 0) is 37.3 Å². The zero-order valence-corrected chi connectivity index (χ0v) is 42.8. The van der Waals surface area contributed by atoms with Gasteiger partial charge in [0.15, 0.2) is 0 Å². The maximum Gasteiger partial charge on any atom is 0.135 e. The Kier molecular flexibility index (Phi) is 11.2. The Hall–Kier alpha value is -6.93. The SMILES string of the molecule is CC(C)(C)c1cc(N2[CH-]N(c3[c-]c(Oc4[c-]c5c(cc4)c4cc(C6c7ccccc7-c7cc(C#N)ccc76)ccc4n5-c4cc(C(C)(C)C)ccn4)ccc3)c3ccccc32)cc(C(C)(C)C)c1.[Pt]. The molecule has 7 aromatic carbocycles. The van der Waals surface area contributed by atoms with E-state index in [4.69, 9.17) is 9.72 Å². The monoisotopic (exact) mass is 1080 g/mol. The number of aromatic nitrogens is 2. The number of pyridine rings is 1. The van der Waals surface area contributed by atoms with E-state index < -0.39 is 0 Å². The Morgan fingerprint density at radius 1 is 0.594 bits per heavy atom. The summed E-state index contributed by atoms with van der Waals surface area (Å²) in [4.78, 5) is 9.47. The van der Waals surface area contributed by atoms with Crippen molar-refractivity contribution in [1.29, 1.82) is 5.26 Å². The molecular weight excluding hydrogens is 1030 g/mol. The molecule has 9 aromatic rings. The average Bonchev–Trinajstić information content (AvgIpc) is 3.98. The standard InChI is InChI=1S/C62H54N5O.Pt/c1-60(2,3)41-27-28-64-58(34-41)67-54-26-22-40(59-50-18-11-10-17-48(50)52-29-39(37-63)21-24-51(52)59)30-53(54)49-25-23-47(36-57(49)67)68-46-16-14-15-44(35-46)65-38-66(56-20-13-12-19-55(56)65)45-32-42(61(4,5)6)31-43(33-45)62(7,8)9;/h10-34,38,59H,1-9H3;/q-3;. The second kappa shape index (κ2) is 16.9. The third-order valence-corrected chi connectivity index (χ3v) is 13.7. The summed E-state index contributed by atoms with van der Waals surface area (Å²) in [6.45, 7) is 22.5. The average molecular weight is 1080 g/mol. The molecule has 2 aromatic heterocycles. The number of rotatable bonds is 6. The molecule has 0 N–H and O–H groups in total. The maximum atomic E-state index is 9.79. The zero-order valence-electron chi connectivity index (χ0n) is 40.5. The van der Waals surface area contributed by atoms with E-state index in [2.05, 4.69) is 217 Å². The summed E-state index contributed by atoms with van der Waals surface area (Å²) < 4.78 is 8.96. The molecule has 1 atom stereocenters. The normalized spacial score (nSPS) is 14.3. The van der Waals surface area contributed by atoms with E-state index in [1.165, 1.54) is 38.9 Å². The maximum absolute atomic E-state index is 9.79. The molecule has 1 aliphatic carbocycles. The summed E-state index contributed by atoms with van der Waals surface area (Å²) in [7, 11) is 0. The fourth-order valence-corrected chi connectivity index (χ4v) is 9.94. The molecule has 0 amide bonds. The number of benzene rings is 7. The summed E-state index contributed by atoms with van der Waals surface area (Å²) in [5.41, 5.74) is 16.4. The Balaban J connectivity index is 0.00000553. The van der Waals surface area contributed by atoms with E-state index >= 15 is 0 Å². The van der Waals surface area contributed by atoms with Crippen LogP contribution in [0.15, 0.2) is 152 Å². The molecule has 0 spiro atoms. The number of fused-ring (bicyclic) bond motifs is 7. The molecule has 7 heteroatoms. The summed E-state index contributed by atoms with van der Waals surface area (Å²) in [5, 5.41) is 11.9. The molecule has 0 saturated heterocycles. The fraction of sp³-hybridized carbons (Fsp3) is 0.210. The molecule has 0 bridgehead atoms. The van der Waals surface area contributed by atoms with Crippen molar-refractivity contribution in [3.63, 3.8) is 0 Å². The van der Waals surface area contributed by atoms with Crippen molar-refractivity contribution in [2.45, 2.75) is 84.5 Å². The summed E-state index contributed by atoms with van der Waals surface area (Å²) in [6.07, 6.45) is 1.91. The largest absolute Gasteiger partial charge is 0.509 e. The van der Waals surface area contributed by atoms with Crippen LogP contribution in [0.2, 0.25) is 0 Å². The van der Waals surface area contributed by atoms with Crippen LogP contribution in [0.3, 0.4) is 0 Å².